The summed E-state index contributed by atoms with van der Waals surface area (Å²) in [5, 5.41) is 10.9. The Kier molecular flexibility index (Phi) is 4.30. The van der Waals surface area contributed by atoms with E-state index in [4.69, 9.17) is 10.9 Å². The highest BCUT2D eigenvalue weighted by Gasteiger charge is 2.59. The van der Waals surface area contributed by atoms with Gasteiger partial charge in [0.15, 0.2) is 5.84 Å². The van der Waals surface area contributed by atoms with E-state index in [1.54, 1.807) is 0 Å². The van der Waals surface area contributed by atoms with E-state index in [-0.39, 0.29) is 5.69 Å². The van der Waals surface area contributed by atoms with E-state index in [1.165, 1.54) is 0 Å². The first kappa shape index (κ1) is 15.9. The second-order valence-electron chi connectivity index (χ2n) is 3.45. The lowest BCUT2D eigenvalue weighted by Gasteiger charge is -2.23. The first-order valence-electron chi connectivity index (χ1n) is 4.79. The molecule has 1 rings (SSSR count). The zero-order valence-corrected chi connectivity index (χ0v) is 9.40. The zero-order valence-electron chi connectivity index (χ0n) is 9.40. The number of aromatic nitrogens is 1. The number of nitrogens with two attached hydrogens (primary N) is 1. The first-order valence-corrected chi connectivity index (χ1v) is 4.79. The van der Waals surface area contributed by atoms with Gasteiger partial charge in [0, 0.05) is 0 Å². The molecule has 0 fully saturated rings. The number of ether oxygens (including phenoxy) is 1. The van der Waals surface area contributed by atoms with Crippen LogP contribution in [-0.4, -0.2) is 34.5 Å². The van der Waals surface area contributed by atoms with Crippen molar-refractivity contribution in [1.29, 1.82) is 0 Å². The van der Waals surface area contributed by atoms with Gasteiger partial charge in [-0.1, -0.05) is 5.16 Å². The topological polar surface area (TPSA) is 80.7 Å². The van der Waals surface area contributed by atoms with Crippen molar-refractivity contribution in [2.24, 2.45) is 10.9 Å². The predicted molar refractivity (Wildman–Crippen MR) is 53.3 cm³/mol. The average molecular weight is 303 g/mol. The molecule has 11 heteroatoms. The normalized spacial score (nSPS) is 13.7. The number of alkyl halides is 6. The van der Waals surface area contributed by atoms with Gasteiger partial charge in [0.2, 0.25) is 0 Å². The van der Waals surface area contributed by atoms with Gasteiger partial charge in [-0.05, 0) is 12.1 Å². The molecule has 3 N–H and O–H groups in total. The molecule has 0 amide bonds. The lowest BCUT2D eigenvalue weighted by Crippen LogP contribution is -2.46. The van der Waals surface area contributed by atoms with Crippen LogP contribution in [0.3, 0.4) is 0 Å². The minimum absolute atomic E-state index is 0.143. The van der Waals surface area contributed by atoms with Crippen LogP contribution in [0.5, 0.6) is 5.75 Å². The van der Waals surface area contributed by atoms with Crippen LogP contribution in [0.2, 0.25) is 0 Å². The summed E-state index contributed by atoms with van der Waals surface area (Å²) in [6, 6.07) is 1.72. The van der Waals surface area contributed by atoms with E-state index in [0.717, 1.165) is 12.1 Å². The Hall–Kier alpha value is -2.20. The molecule has 0 aliphatic rings. The average Bonchev–Trinajstić information content (AvgIpc) is 2.33. The van der Waals surface area contributed by atoms with E-state index < -0.39 is 30.0 Å². The summed E-state index contributed by atoms with van der Waals surface area (Å²) in [4.78, 5) is 3.39. The monoisotopic (exact) mass is 303 g/mol. The molecule has 1 aromatic heterocycles. The molecule has 0 aliphatic heterocycles. The fourth-order valence-electron chi connectivity index (χ4n) is 1.11. The highest BCUT2D eigenvalue weighted by atomic mass is 19.4. The number of hydrogen-bond donors (Lipinski definition) is 2. The minimum atomic E-state index is -5.62. The summed E-state index contributed by atoms with van der Waals surface area (Å²) in [7, 11) is 0. The first-order chi connectivity index (χ1) is 9.05. The fraction of sp³-hybridized carbons (Fsp3) is 0.333. The molecule has 0 spiro atoms. The molecule has 0 unspecified atom stereocenters. The smallest absolute Gasteiger partial charge is 0.434 e. The number of rotatable bonds is 3. The van der Waals surface area contributed by atoms with Gasteiger partial charge in [0.1, 0.15) is 11.4 Å². The molecule has 0 atom stereocenters. The van der Waals surface area contributed by atoms with Gasteiger partial charge in [-0.25, -0.2) is 4.98 Å². The Balaban J connectivity index is 2.96. The predicted octanol–water partition coefficient (Wildman–Crippen LogP) is 2.05. The summed E-state index contributed by atoms with van der Waals surface area (Å²) in [5.74, 6) is -1.22. The van der Waals surface area contributed by atoms with Crippen molar-refractivity contribution < 1.29 is 36.3 Å². The number of amidine groups is 1. The maximum absolute atomic E-state index is 12.2. The molecular formula is C9H7F6N3O2. The van der Waals surface area contributed by atoms with Crippen LogP contribution >= 0.6 is 0 Å². The summed E-state index contributed by atoms with van der Waals surface area (Å²) < 4.78 is 77.2. The lowest BCUT2D eigenvalue weighted by atomic mass is 10.3. The Morgan fingerprint density at radius 3 is 2.10 bits per heavy atom. The molecule has 0 bridgehead atoms. The molecule has 0 saturated carbocycles. The van der Waals surface area contributed by atoms with E-state index in [1.807, 2.05) is 0 Å². The molecular weight excluding hydrogens is 296 g/mol. The summed E-state index contributed by atoms with van der Waals surface area (Å²) in [5.41, 5.74) is 4.98. The van der Waals surface area contributed by atoms with Crippen LogP contribution in [0, 0.1) is 0 Å². The van der Waals surface area contributed by atoms with Gasteiger partial charge in [0.05, 0.1) is 6.20 Å². The van der Waals surface area contributed by atoms with E-state index in [0.29, 0.717) is 6.20 Å². The molecule has 1 aromatic rings. The number of halogens is 6. The number of pyridine rings is 1. The van der Waals surface area contributed by atoms with Crippen molar-refractivity contribution in [3.05, 3.63) is 24.0 Å². The SMILES string of the molecule is N/C(=N/O)c1ccc(OC(C(F)(F)F)C(F)(F)F)cn1. The van der Waals surface area contributed by atoms with E-state index >= 15 is 0 Å². The molecule has 0 aromatic carbocycles. The van der Waals surface area contributed by atoms with Gasteiger partial charge in [-0.3, -0.25) is 0 Å². The van der Waals surface area contributed by atoms with Gasteiger partial charge in [0.25, 0.3) is 6.10 Å². The summed E-state index contributed by atoms with van der Waals surface area (Å²) in [6.07, 6.45) is -14.6. The fourth-order valence-corrected chi connectivity index (χ4v) is 1.11. The van der Waals surface area contributed by atoms with Crippen molar-refractivity contribution in [3.8, 4) is 5.75 Å². The molecule has 1 heterocycles. The van der Waals surface area contributed by atoms with Crippen molar-refractivity contribution in [1.82, 2.24) is 4.98 Å². The molecule has 20 heavy (non-hydrogen) atoms. The highest BCUT2D eigenvalue weighted by molar-refractivity contribution is 5.95. The Labute approximate surface area is 107 Å². The maximum Gasteiger partial charge on any atom is 0.434 e. The van der Waals surface area contributed by atoms with Gasteiger partial charge in [-0.15, -0.1) is 0 Å². The van der Waals surface area contributed by atoms with Crippen molar-refractivity contribution in [2.75, 3.05) is 0 Å². The molecule has 0 aliphatic carbocycles. The van der Waals surface area contributed by atoms with Crippen LogP contribution in [0.4, 0.5) is 26.3 Å². The minimum Gasteiger partial charge on any atom is -0.470 e. The summed E-state index contributed by atoms with van der Waals surface area (Å²) in [6.45, 7) is 0. The summed E-state index contributed by atoms with van der Waals surface area (Å²) >= 11 is 0. The van der Waals surface area contributed by atoms with E-state index in [9.17, 15) is 26.3 Å². The standard InChI is InChI=1S/C9H7F6N3O2/c10-8(11,12)7(9(13,14)15)20-4-1-2-5(17-3-4)6(16)18-19/h1-3,7,19H,(H2,16,18). The van der Waals surface area contributed by atoms with Crippen LogP contribution in [-0.2, 0) is 0 Å². The van der Waals surface area contributed by atoms with Crippen LogP contribution in [0.1, 0.15) is 5.69 Å². The van der Waals surface area contributed by atoms with Crippen molar-refractivity contribution >= 4 is 5.84 Å². The third-order valence-electron chi connectivity index (χ3n) is 1.96. The largest absolute Gasteiger partial charge is 0.470 e. The second-order valence-corrected chi connectivity index (χ2v) is 3.45. The van der Waals surface area contributed by atoms with Gasteiger partial charge >= 0.3 is 12.4 Å². The number of hydrogen-bond acceptors (Lipinski definition) is 4. The van der Waals surface area contributed by atoms with Crippen molar-refractivity contribution in [3.63, 3.8) is 0 Å². The second kappa shape index (κ2) is 5.43. The van der Waals surface area contributed by atoms with Crippen LogP contribution in [0.15, 0.2) is 23.5 Å². The van der Waals surface area contributed by atoms with Gasteiger partial charge in [-0.2, -0.15) is 26.3 Å². The molecule has 112 valence electrons. The van der Waals surface area contributed by atoms with Crippen LogP contribution < -0.4 is 10.5 Å². The third kappa shape index (κ3) is 3.90. The number of nitrogens with zero attached hydrogens (tertiary/aromatic N) is 2. The number of oxime groups is 1. The van der Waals surface area contributed by atoms with E-state index in [2.05, 4.69) is 14.9 Å². The Bertz CT molecular complexity index is 468. The molecule has 0 radical (unpaired) electrons. The molecule has 5 nitrogen and oxygen atoms in total. The molecule has 0 saturated heterocycles. The lowest BCUT2D eigenvalue weighted by molar-refractivity contribution is -0.299. The quantitative estimate of drug-likeness (QED) is 0.294. The third-order valence-corrected chi connectivity index (χ3v) is 1.96. The Morgan fingerprint density at radius 1 is 1.20 bits per heavy atom. The zero-order chi connectivity index (χ0) is 15.6. The maximum atomic E-state index is 12.2. The van der Waals surface area contributed by atoms with Gasteiger partial charge < -0.3 is 15.7 Å². The Morgan fingerprint density at radius 2 is 1.75 bits per heavy atom. The highest BCUT2D eigenvalue weighted by Crippen LogP contribution is 2.36. The van der Waals surface area contributed by atoms with Crippen LogP contribution in [0.25, 0.3) is 0 Å². The van der Waals surface area contributed by atoms with Crippen molar-refractivity contribution in [2.45, 2.75) is 18.5 Å².